The maximum atomic E-state index is 12.3. The number of amides is 2. The highest BCUT2D eigenvalue weighted by Crippen LogP contribution is 2.29. The molecule has 2 atom stereocenters. The summed E-state index contributed by atoms with van der Waals surface area (Å²) < 4.78 is 68.2. The third-order valence-corrected chi connectivity index (χ3v) is 5.46. The van der Waals surface area contributed by atoms with E-state index in [0.717, 1.165) is 7.11 Å². The van der Waals surface area contributed by atoms with Crippen LogP contribution in [0.5, 0.6) is 0 Å². The second-order valence-corrected chi connectivity index (χ2v) is 7.95. The van der Waals surface area contributed by atoms with Crippen molar-refractivity contribution >= 4 is 32.2 Å². The van der Waals surface area contributed by atoms with Crippen LogP contribution in [0.3, 0.4) is 0 Å². The molecule has 0 saturated carbocycles. The van der Waals surface area contributed by atoms with Gasteiger partial charge in [0.15, 0.2) is 5.25 Å². The van der Waals surface area contributed by atoms with E-state index < -0.39 is 49.8 Å². The first-order valence-corrected chi connectivity index (χ1v) is 9.50. The van der Waals surface area contributed by atoms with E-state index >= 15 is 0 Å². The number of hydrogen-bond donors (Lipinski definition) is 3. The van der Waals surface area contributed by atoms with Gasteiger partial charge in [-0.05, 0) is 5.56 Å². The van der Waals surface area contributed by atoms with E-state index in [9.17, 15) is 31.0 Å². The van der Waals surface area contributed by atoms with E-state index in [1.807, 2.05) is 5.32 Å². The molecule has 2 amide bonds. The van der Waals surface area contributed by atoms with Crippen molar-refractivity contribution in [3.8, 4) is 0 Å². The Morgan fingerprint density at radius 2 is 1.80 bits per heavy atom. The number of rotatable bonds is 6. The first kappa shape index (κ1) is 19.3. The van der Waals surface area contributed by atoms with Crippen molar-refractivity contribution in [2.45, 2.75) is 11.0 Å². The maximum Gasteiger partial charge on any atom is 0.362 e. The molecule has 1 aromatic rings. The van der Waals surface area contributed by atoms with Crippen LogP contribution in [0, 0.1) is 0 Å². The summed E-state index contributed by atoms with van der Waals surface area (Å²) in [6.45, 7) is -0.764. The zero-order valence-electron chi connectivity index (χ0n) is 12.7. The second kappa shape index (κ2) is 6.34. The van der Waals surface area contributed by atoms with Crippen LogP contribution in [0.4, 0.5) is 0 Å². The summed E-state index contributed by atoms with van der Waals surface area (Å²) in [6, 6.07) is 6.95. The third-order valence-electron chi connectivity index (χ3n) is 3.53. The normalized spacial score (nSPS) is 22.2. The zero-order valence-corrected chi connectivity index (χ0v) is 14.3. The van der Waals surface area contributed by atoms with Gasteiger partial charge in [-0.15, -0.1) is 0 Å². The predicted molar refractivity (Wildman–Crippen MR) is 81.9 cm³/mol. The lowest BCUT2D eigenvalue weighted by Gasteiger charge is -2.45. The van der Waals surface area contributed by atoms with E-state index in [-0.39, 0.29) is 9.87 Å². The molecule has 2 unspecified atom stereocenters. The first-order chi connectivity index (χ1) is 11.4. The topological polar surface area (TPSA) is 167 Å². The van der Waals surface area contributed by atoms with Crippen LogP contribution in [0.1, 0.15) is 10.8 Å². The molecule has 11 nitrogen and oxygen atoms in total. The molecule has 25 heavy (non-hydrogen) atoms. The SMILES string of the molecule is COC1(NC(=O)C(c2ccccc2)S(=O)(=O)O)CN(S(=O)(=O)O)C1=O. The molecular weight excluding hydrogens is 380 g/mol. The van der Waals surface area contributed by atoms with Crippen LogP contribution < -0.4 is 5.32 Å². The van der Waals surface area contributed by atoms with Crippen molar-refractivity contribution in [2.24, 2.45) is 0 Å². The molecule has 0 bridgehead atoms. The van der Waals surface area contributed by atoms with Crippen LogP contribution in [0.25, 0.3) is 0 Å². The van der Waals surface area contributed by atoms with Gasteiger partial charge < -0.3 is 10.1 Å². The number of methoxy groups -OCH3 is 1. The fraction of sp³-hybridized carbons (Fsp3) is 0.333. The van der Waals surface area contributed by atoms with Crippen LogP contribution in [-0.4, -0.2) is 61.4 Å². The fourth-order valence-electron chi connectivity index (χ4n) is 2.29. The molecule has 0 radical (unpaired) electrons. The molecule has 3 N–H and O–H groups in total. The fourth-order valence-corrected chi connectivity index (χ4v) is 3.82. The van der Waals surface area contributed by atoms with Crippen LogP contribution >= 0.6 is 0 Å². The van der Waals surface area contributed by atoms with Crippen LogP contribution in [0.15, 0.2) is 30.3 Å². The van der Waals surface area contributed by atoms with Gasteiger partial charge in [-0.3, -0.25) is 18.7 Å². The summed E-state index contributed by atoms with van der Waals surface area (Å²) in [4.78, 5) is 24.3. The van der Waals surface area contributed by atoms with E-state index in [1.54, 1.807) is 6.07 Å². The maximum absolute atomic E-state index is 12.3. The largest absolute Gasteiger partial charge is 0.362 e. The summed E-state index contributed by atoms with van der Waals surface area (Å²) in [6.07, 6.45) is 0. The van der Waals surface area contributed by atoms with Gasteiger partial charge in [-0.1, -0.05) is 30.3 Å². The molecule has 1 aromatic carbocycles. The highest BCUT2D eigenvalue weighted by atomic mass is 32.2. The Kier molecular flexibility index (Phi) is 4.89. The summed E-state index contributed by atoms with van der Waals surface area (Å²) in [5.74, 6) is -2.62. The minimum absolute atomic E-state index is 0.0295. The number of ether oxygens (including phenoxy) is 1. The summed E-state index contributed by atoms with van der Waals surface area (Å²) >= 11 is 0. The number of nitrogens with one attached hydrogen (secondary N) is 1. The molecule has 13 heteroatoms. The van der Waals surface area contributed by atoms with E-state index in [2.05, 4.69) is 0 Å². The average molecular weight is 394 g/mol. The number of hydrogen-bond acceptors (Lipinski definition) is 7. The van der Waals surface area contributed by atoms with Gasteiger partial charge in [0.2, 0.25) is 11.6 Å². The molecule has 1 aliphatic rings. The summed E-state index contributed by atoms with van der Waals surface area (Å²) in [5.41, 5.74) is -2.25. The van der Waals surface area contributed by atoms with Crippen molar-refractivity contribution < 1.29 is 40.3 Å². The Bertz CT molecular complexity index is 898. The number of nitrogens with zero attached hydrogens (tertiary/aromatic N) is 1. The van der Waals surface area contributed by atoms with E-state index in [4.69, 9.17) is 9.29 Å². The second-order valence-electron chi connectivity index (χ2n) is 5.12. The monoisotopic (exact) mass is 394 g/mol. The molecule has 2 rings (SSSR count). The van der Waals surface area contributed by atoms with Gasteiger partial charge in [0, 0.05) is 7.11 Å². The quantitative estimate of drug-likeness (QED) is 0.302. The molecule has 1 aliphatic heterocycles. The van der Waals surface area contributed by atoms with E-state index in [1.165, 1.54) is 24.3 Å². The third kappa shape index (κ3) is 3.64. The first-order valence-electron chi connectivity index (χ1n) is 6.60. The summed E-state index contributed by atoms with van der Waals surface area (Å²) in [5, 5.41) is -0.0923. The minimum Gasteiger partial charge on any atom is -0.349 e. The standard InChI is InChI=1S/C12H14N2O9S2/c1-23-12(7-14(11(12)16)25(20,21)22)13-10(15)9(24(17,18)19)8-5-3-2-4-6-8/h2-6,9H,7H2,1H3,(H,13,15)(H,17,18,19)(H,20,21,22). The van der Waals surface area contributed by atoms with Crippen molar-refractivity contribution in [2.75, 3.05) is 13.7 Å². The number of carbonyl (C=O) groups is 2. The smallest absolute Gasteiger partial charge is 0.349 e. The van der Waals surface area contributed by atoms with Crippen molar-refractivity contribution in [1.29, 1.82) is 0 Å². The Morgan fingerprint density at radius 3 is 2.20 bits per heavy atom. The molecule has 138 valence electrons. The zero-order chi connectivity index (χ0) is 19.0. The lowest BCUT2D eigenvalue weighted by atomic mass is 10.0. The van der Waals surface area contributed by atoms with Crippen molar-refractivity contribution in [1.82, 2.24) is 9.62 Å². The Labute approximate surface area is 143 Å². The number of benzene rings is 1. The van der Waals surface area contributed by atoms with Crippen molar-refractivity contribution in [3.05, 3.63) is 35.9 Å². The number of β-lactam (4-membered cyclic amide) rings is 1. The van der Waals surface area contributed by atoms with Gasteiger partial charge >= 0.3 is 10.3 Å². The molecule has 0 aromatic heterocycles. The molecule has 1 saturated heterocycles. The lowest BCUT2D eigenvalue weighted by Crippen LogP contribution is -2.76. The lowest BCUT2D eigenvalue weighted by molar-refractivity contribution is -0.180. The van der Waals surface area contributed by atoms with Gasteiger partial charge in [-0.25, -0.2) is 4.31 Å². The van der Waals surface area contributed by atoms with Gasteiger partial charge in [0.1, 0.15) is 0 Å². The van der Waals surface area contributed by atoms with Crippen LogP contribution in [0.2, 0.25) is 0 Å². The summed E-state index contributed by atoms with van der Waals surface area (Å²) in [7, 11) is -8.77. The van der Waals surface area contributed by atoms with Gasteiger partial charge in [-0.2, -0.15) is 16.8 Å². The molecule has 1 fully saturated rings. The molecular formula is C12H14N2O9S2. The van der Waals surface area contributed by atoms with Crippen LogP contribution in [-0.2, 0) is 34.7 Å². The molecule has 0 aliphatic carbocycles. The Balaban J connectivity index is 2.31. The Hall–Kier alpha value is -2.06. The molecule has 1 heterocycles. The molecule has 0 spiro atoms. The average Bonchev–Trinajstić information content (AvgIpc) is 2.49. The van der Waals surface area contributed by atoms with Gasteiger partial charge in [0.25, 0.3) is 16.0 Å². The van der Waals surface area contributed by atoms with Gasteiger partial charge in [0.05, 0.1) is 6.54 Å². The Morgan fingerprint density at radius 1 is 1.24 bits per heavy atom. The minimum atomic E-state index is -4.90. The van der Waals surface area contributed by atoms with E-state index in [0.29, 0.717) is 0 Å². The predicted octanol–water partition coefficient (Wildman–Crippen LogP) is -1.28. The highest BCUT2D eigenvalue weighted by molar-refractivity contribution is 7.86. The highest BCUT2D eigenvalue weighted by Gasteiger charge is 2.59. The number of carbonyl (C=O) groups excluding carboxylic acids is 2. The van der Waals surface area contributed by atoms with Crippen molar-refractivity contribution in [3.63, 3.8) is 0 Å².